The zero-order chi connectivity index (χ0) is 22.1. The maximum absolute atomic E-state index is 13.0. The summed E-state index contributed by atoms with van der Waals surface area (Å²) in [5.74, 6) is 1.14. The van der Waals surface area contributed by atoms with E-state index < -0.39 is 0 Å². The molecule has 8 heteroatoms. The van der Waals surface area contributed by atoms with Crippen LogP contribution in [-0.2, 0) is 17.8 Å². The van der Waals surface area contributed by atoms with Crippen molar-refractivity contribution in [1.29, 1.82) is 0 Å². The van der Waals surface area contributed by atoms with Crippen molar-refractivity contribution in [2.75, 3.05) is 13.1 Å². The average Bonchev–Trinajstić information content (AvgIpc) is 3.51. The Kier molecular flexibility index (Phi) is 5.76. The van der Waals surface area contributed by atoms with Crippen LogP contribution in [0, 0.1) is 5.92 Å². The largest absolute Gasteiger partial charge is 0.333 e. The molecule has 1 N–H and O–H groups in total. The number of pyridine rings is 1. The SMILES string of the molecule is O=C(c1ccncc1)N1CCc2c(nc([C@H]3CCCN3C(=O)CC3CCCC3)[nH]c2=O)C1. The van der Waals surface area contributed by atoms with Crippen molar-refractivity contribution in [2.24, 2.45) is 5.92 Å². The minimum atomic E-state index is -0.187. The summed E-state index contributed by atoms with van der Waals surface area (Å²) in [6.07, 6.45) is 10.7. The van der Waals surface area contributed by atoms with Crippen LogP contribution in [0.2, 0.25) is 0 Å². The van der Waals surface area contributed by atoms with Crippen molar-refractivity contribution >= 4 is 11.8 Å². The molecule has 1 saturated heterocycles. The van der Waals surface area contributed by atoms with Gasteiger partial charge in [0.15, 0.2) is 0 Å². The second-order valence-corrected chi connectivity index (χ2v) is 9.19. The third-order valence-corrected chi connectivity index (χ3v) is 7.13. The normalized spacial score (nSPS) is 21.1. The number of H-pyrrole nitrogens is 1. The fraction of sp³-hybridized carbons (Fsp3) is 0.542. The lowest BCUT2D eigenvalue weighted by Crippen LogP contribution is -2.40. The Morgan fingerprint density at radius 1 is 1.06 bits per heavy atom. The van der Waals surface area contributed by atoms with Gasteiger partial charge in [0.05, 0.1) is 18.3 Å². The smallest absolute Gasteiger partial charge is 0.254 e. The Bertz CT molecular complexity index is 1060. The zero-order valence-electron chi connectivity index (χ0n) is 18.3. The lowest BCUT2D eigenvalue weighted by Gasteiger charge is -2.29. The molecule has 4 heterocycles. The summed E-state index contributed by atoms with van der Waals surface area (Å²) >= 11 is 0. The maximum atomic E-state index is 13.0. The Morgan fingerprint density at radius 3 is 2.62 bits per heavy atom. The van der Waals surface area contributed by atoms with E-state index in [2.05, 4.69) is 9.97 Å². The number of aromatic amines is 1. The van der Waals surface area contributed by atoms with Crippen molar-refractivity contribution in [3.05, 3.63) is 57.5 Å². The number of fused-ring (bicyclic) bond motifs is 1. The van der Waals surface area contributed by atoms with Gasteiger partial charge >= 0.3 is 0 Å². The summed E-state index contributed by atoms with van der Waals surface area (Å²) in [7, 11) is 0. The van der Waals surface area contributed by atoms with Crippen LogP contribution in [0.5, 0.6) is 0 Å². The lowest BCUT2D eigenvalue weighted by molar-refractivity contribution is -0.133. The number of hydrogen-bond donors (Lipinski definition) is 1. The van der Waals surface area contributed by atoms with Gasteiger partial charge in [0.25, 0.3) is 11.5 Å². The molecule has 3 aliphatic rings. The van der Waals surface area contributed by atoms with E-state index in [0.29, 0.717) is 61.0 Å². The van der Waals surface area contributed by atoms with E-state index in [0.717, 1.165) is 25.7 Å². The van der Waals surface area contributed by atoms with Gasteiger partial charge in [0.1, 0.15) is 5.82 Å². The highest BCUT2D eigenvalue weighted by Crippen LogP contribution is 2.34. The van der Waals surface area contributed by atoms with Gasteiger partial charge in [-0.3, -0.25) is 19.4 Å². The average molecular weight is 436 g/mol. The molecule has 0 unspecified atom stereocenters. The predicted molar refractivity (Wildman–Crippen MR) is 118 cm³/mol. The summed E-state index contributed by atoms with van der Waals surface area (Å²) in [6, 6.07) is 3.20. The molecule has 2 aliphatic heterocycles. The monoisotopic (exact) mass is 435 g/mol. The molecule has 32 heavy (non-hydrogen) atoms. The van der Waals surface area contributed by atoms with E-state index in [1.807, 2.05) is 4.90 Å². The van der Waals surface area contributed by atoms with Crippen molar-refractivity contribution in [2.45, 2.75) is 64.0 Å². The van der Waals surface area contributed by atoms with E-state index in [-0.39, 0.29) is 23.4 Å². The van der Waals surface area contributed by atoms with E-state index >= 15 is 0 Å². The fourth-order valence-corrected chi connectivity index (χ4v) is 5.40. The maximum Gasteiger partial charge on any atom is 0.254 e. The predicted octanol–water partition coefficient (Wildman–Crippen LogP) is 2.61. The van der Waals surface area contributed by atoms with Crippen LogP contribution in [0.15, 0.2) is 29.3 Å². The van der Waals surface area contributed by atoms with Gasteiger partial charge in [-0.2, -0.15) is 0 Å². The summed E-state index contributed by atoms with van der Waals surface area (Å²) in [4.78, 5) is 54.1. The van der Waals surface area contributed by atoms with E-state index in [9.17, 15) is 14.4 Å². The van der Waals surface area contributed by atoms with E-state index in [1.165, 1.54) is 12.8 Å². The number of hydrogen-bond acceptors (Lipinski definition) is 5. The van der Waals surface area contributed by atoms with E-state index in [4.69, 9.17) is 4.98 Å². The third kappa shape index (κ3) is 4.06. The van der Waals surface area contributed by atoms with Gasteiger partial charge in [-0.1, -0.05) is 12.8 Å². The Morgan fingerprint density at radius 2 is 1.84 bits per heavy atom. The molecule has 0 radical (unpaired) electrons. The molecule has 5 rings (SSSR count). The van der Waals surface area contributed by atoms with Crippen LogP contribution in [0.3, 0.4) is 0 Å². The molecule has 2 aromatic rings. The highest BCUT2D eigenvalue weighted by Gasteiger charge is 2.34. The standard InChI is InChI=1S/C24H29N5O3/c30-21(14-16-4-1-2-5-16)29-12-3-6-20(29)22-26-19-15-28(13-9-18(19)23(31)27-22)24(32)17-7-10-25-11-8-17/h7-8,10-11,16,20H,1-6,9,12-15H2,(H,26,27,31)/t20-/m1/s1. The molecular formula is C24H29N5O3. The number of amides is 2. The molecule has 1 atom stereocenters. The third-order valence-electron chi connectivity index (χ3n) is 7.13. The minimum Gasteiger partial charge on any atom is -0.333 e. The molecule has 2 aromatic heterocycles. The highest BCUT2D eigenvalue weighted by molar-refractivity contribution is 5.94. The van der Waals surface area contributed by atoms with Crippen molar-refractivity contribution in [3.8, 4) is 0 Å². The minimum absolute atomic E-state index is 0.0871. The molecule has 2 fully saturated rings. The number of rotatable bonds is 4. The van der Waals surface area contributed by atoms with Gasteiger partial charge in [-0.15, -0.1) is 0 Å². The molecular weight excluding hydrogens is 406 g/mol. The van der Waals surface area contributed by atoms with Gasteiger partial charge < -0.3 is 14.8 Å². The lowest BCUT2D eigenvalue weighted by atomic mass is 10.0. The summed E-state index contributed by atoms with van der Waals surface area (Å²) < 4.78 is 0. The Labute approximate surface area is 187 Å². The molecule has 168 valence electrons. The summed E-state index contributed by atoms with van der Waals surface area (Å²) in [5, 5.41) is 0. The first-order valence-electron chi connectivity index (χ1n) is 11.7. The number of carbonyl (C=O) groups excluding carboxylic acids is 2. The first-order valence-corrected chi connectivity index (χ1v) is 11.7. The van der Waals surface area contributed by atoms with Gasteiger partial charge in [-0.25, -0.2) is 4.98 Å². The Hall–Kier alpha value is -3.03. The molecule has 1 aliphatic carbocycles. The van der Waals surface area contributed by atoms with E-state index in [1.54, 1.807) is 29.4 Å². The van der Waals surface area contributed by atoms with Crippen LogP contribution in [0.4, 0.5) is 0 Å². The quantitative estimate of drug-likeness (QED) is 0.796. The highest BCUT2D eigenvalue weighted by atomic mass is 16.2. The van der Waals surface area contributed by atoms with Gasteiger partial charge in [0, 0.05) is 43.0 Å². The first-order chi connectivity index (χ1) is 15.6. The van der Waals surface area contributed by atoms with Crippen LogP contribution in [0.1, 0.15) is 78.4 Å². The summed E-state index contributed by atoms with van der Waals surface area (Å²) in [5.41, 5.74) is 1.73. The second-order valence-electron chi connectivity index (χ2n) is 9.19. The van der Waals surface area contributed by atoms with Crippen LogP contribution in [-0.4, -0.2) is 49.7 Å². The van der Waals surface area contributed by atoms with Crippen molar-refractivity contribution in [3.63, 3.8) is 0 Å². The first kappa shape index (κ1) is 20.8. The summed E-state index contributed by atoms with van der Waals surface area (Å²) in [6.45, 7) is 1.49. The van der Waals surface area contributed by atoms with Crippen molar-refractivity contribution < 1.29 is 9.59 Å². The van der Waals surface area contributed by atoms with Gasteiger partial charge in [-0.05, 0) is 50.2 Å². The molecule has 0 spiro atoms. The molecule has 0 bridgehead atoms. The number of nitrogens with one attached hydrogen (secondary N) is 1. The van der Waals surface area contributed by atoms with Gasteiger partial charge in [0.2, 0.25) is 5.91 Å². The number of aromatic nitrogens is 3. The fourth-order valence-electron chi connectivity index (χ4n) is 5.40. The topological polar surface area (TPSA) is 99.3 Å². The number of nitrogens with zero attached hydrogens (tertiary/aromatic N) is 4. The van der Waals surface area contributed by atoms with Crippen LogP contribution >= 0.6 is 0 Å². The Balaban J connectivity index is 1.36. The molecule has 0 aromatic carbocycles. The molecule has 1 saturated carbocycles. The van der Waals surface area contributed by atoms with Crippen molar-refractivity contribution in [1.82, 2.24) is 24.8 Å². The molecule has 8 nitrogen and oxygen atoms in total. The second kappa shape index (κ2) is 8.84. The number of likely N-dealkylation sites (tertiary alicyclic amines) is 1. The molecule has 2 amide bonds. The van der Waals surface area contributed by atoms with Crippen LogP contribution < -0.4 is 5.56 Å². The van der Waals surface area contributed by atoms with Crippen LogP contribution in [0.25, 0.3) is 0 Å². The number of carbonyl (C=O) groups is 2. The zero-order valence-corrected chi connectivity index (χ0v) is 18.3.